The largest absolute Gasteiger partial charge is 0.488 e. The molecule has 0 saturated heterocycles. The van der Waals surface area contributed by atoms with Crippen LogP contribution in [-0.4, -0.2) is 47.9 Å². The first-order valence-corrected chi connectivity index (χ1v) is 13.3. The number of hydrogen-bond donors (Lipinski definition) is 0. The van der Waals surface area contributed by atoms with Gasteiger partial charge in [0.2, 0.25) is 5.91 Å². The first-order valence-electron chi connectivity index (χ1n) is 12.5. The quantitative estimate of drug-likeness (QED) is 0.362. The zero-order chi connectivity index (χ0) is 25.7. The molecule has 2 amide bonds. The van der Waals surface area contributed by atoms with Crippen molar-refractivity contribution in [2.45, 2.75) is 39.7 Å². The zero-order valence-electron chi connectivity index (χ0n) is 21.1. The van der Waals surface area contributed by atoms with Crippen LogP contribution in [0.5, 0.6) is 5.75 Å². The number of rotatable bonds is 9. The molecule has 7 heteroatoms. The third kappa shape index (κ3) is 5.95. The summed E-state index contributed by atoms with van der Waals surface area (Å²) >= 11 is 1.66. The van der Waals surface area contributed by atoms with Crippen LogP contribution < -0.4 is 4.74 Å². The second kappa shape index (κ2) is 11.7. The van der Waals surface area contributed by atoms with Crippen molar-refractivity contribution in [1.29, 1.82) is 0 Å². The molecule has 0 bridgehead atoms. The molecule has 2 unspecified atom stereocenters. The molecular weight excluding hydrogens is 475 g/mol. The number of benzene rings is 2. The van der Waals surface area contributed by atoms with E-state index < -0.39 is 5.82 Å². The van der Waals surface area contributed by atoms with Crippen LogP contribution in [0.1, 0.15) is 52.7 Å². The Labute approximate surface area is 216 Å². The average Bonchev–Trinajstić information content (AvgIpc) is 3.37. The van der Waals surface area contributed by atoms with Gasteiger partial charge in [0.25, 0.3) is 5.91 Å². The normalized spacial score (nSPS) is 15.8. The highest BCUT2D eigenvalue weighted by Crippen LogP contribution is 2.34. The summed E-state index contributed by atoms with van der Waals surface area (Å²) in [6, 6.07) is 15.4. The summed E-state index contributed by atoms with van der Waals surface area (Å²) in [6.45, 7) is 7.33. The Morgan fingerprint density at radius 1 is 1.17 bits per heavy atom. The topological polar surface area (TPSA) is 49.9 Å². The molecule has 5 nitrogen and oxygen atoms in total. The van der Waals surface area contributed by atoms with Crippen molar-refractivity contribution in [3.05, 3.63) is 87.4 Å². The number of nitrogens with zero attached hydrogens (tertiary/aromatic N) is 2. The molecule has 4 rings (SSSR count). The third-order valence-electron chi connectivity index (χ3n) is 6.79. The second-order valence-corrected chi connectivity index (χ2v) is 10.5. The van der Waals surface area contributed by atoms with Crippen LogP contribution in [-0.2, 0) is 11.2 Å². The zero-order valence-corrected chi connectivity index (χ0v) is 21.9. The van der Waals surface area contributed by atoms with E-state index in [-0.39, 0.29) is 42.7 Å². The summed E-state index contributed by atoms with van der Waals surface area (Å²) in [4.78, 5) is 31.8. The number of halogens is 1. The minimum atomic E-state index is -0.430. The van der Waals surface area contributed by atoms with Crippen LogP contribution >= 0.6 is 11.3 Å². The monoisotopic (exact) mass is 508 g/mol. The van der Waals surface area contributed by atoms with Gasteiger partial charge in [-0.3, -0.25) is 9.59 Å². The SMILES string of the molecule is CCC(C)CN(CC(=O)N1CCc2sccc2C1COc1ccccc1F)C(=O)c1ccc(C)cc1. The highest BCUT2D eigenvalue weighted by atomic mass is 32.1. The molecule has 2 aromatic carbocycles. The number of carbonyl (C=O) groups excluding carboxylic acids is 2. The van der Waals surface area contributed by atoms with E-state index in [9.17, 15) is 14.0 Å². The van der Waals surface area contributed by atoms with Crippen LogP contribution in [0.15, 0.2) is 60.0 Å². The lowest BCUT2D eigenvalue weighted by Crippen LogP contribution is -2.48. The molecule has 2 heterocycles. The van der Waals surface area contributed by atoms with Gasteiger partial charge in [-0.2, -0.15) is 0 Å². The average molecular weight is 509 g/mol. The van der Waals surface area contributed by atoms with E-state index in [1.165, 1.54) is 10.9 Å². The predicted molar refractivity (Wildman–Crippen MR) is 141 cm³/mol. The molecule has 0 N–H and O–H groups in total. The first-order chi connectivity index (χ1) is 17.4. The van der Waals surface area contributed by atoms with Gasteiger partial charge >= 0.3 is 0 Å². The summed E-state index contributed by atoms with van der Waals surface area (Å²) in [5.74, 6) is -0.272. The van der Waals surface area contributed by atoms with Crippen molar-refractivity contribution in [3.8, 4) is 5.75 Å². The van der Waals surface area contributed by atoms with Crippen LogP contribution in [0.2, 0.25) is 0 Å². The Hall–Kier alpha value is -3.19. The first kappa shape index (κ1) is 25.9. The molecule has 1 aliphatic heterocycles. The van der Waals surface area contributed by atoms with E-state index >= 15 is 0 Å². The van der Waals surface area contributed by atoms with Gasteiger partial charge in [-0.05, 0) is 60.5 Å². The third-order valence-corrected chi connectivity index (χ3v) is 7.79. The van der Waals surface area contributed by atoms with E-state index in [0.29, 0.717) is 18.7 Å². The van der Waals surface area contributed by atoms with Gasteiger partial charge in [0, 0.05) is 23.5 Å². The fraction of sp³-hybridized carbons (Fsp3) is 0.379. The number of amides is 2. The minimum absolute atomic E-state index is 0.00722. The van der Waals surface area contributed by atoms with Crippen molar-refractivity contribution >= 4 is 23.2 Å². The van der Waals surface area contributed by atoms with Gasteiger partial charge in [-0.1, -0.05) is 50.1 Å². The van der Waals surface area contributed by atoms with Gasteiger partial charge in [0.15, 0.2) is 11.6 Å². The van der Waals surface area contributed by atoms with E-state index in [2.05, 4.69) is 13.8 Å². The lowest BCUT2D eigenvalue weighted by molar-refractivity contribution is -0.135. The summed E-state index contributed by atoms with van der Waals surface area (Å²) in [7, 11) is 0. The fourth-order valence-electron chi connectivity index (χ4n) is 4.46. The Morgan fingerprint density at radius 3 is 2.64 bits per heavy atom. The molecular formula is C29H33FN2O3S. The summed E-state index contributed by atoms with van der Waals surface area (Å²) in [5.41, 5.74) is 2.69. The highest BCUT2D eigenvalue weighted by molar-refractivity contribution is 7.10. The fourth-order valence-corrected chi connectivity index (χ4v) is 5.39. The van der Waals surface area contributed by atoms with Crippen LogP contribution in [0, 0.1) is 18.7 Å². The summed E-state index contributed by atoms with van der Waals surface area (Å²) in [6.07, 6.45) is 1.67. The molecule has 36 heavy (non-hydrogen) atoms. The maximum Gasteiger partial charge on any atom is 0.254 e. The number of fused-ring (bicyclic) bond motifs is 1. The van der Waals surface area contributed by atoms with E-state index in [4.69, 9.17) is 4.74 Å². The highest BCUT2D eigenvalue weighted by Gasteiger charge is 2.34. The molecule has 1 aliphatic rings. The van der Waals surface area contributed by atoms with Crippen LogP contribution in [0.3, 0.4) is 0 Å². The van der Waals surface area contributed by atoms with E-state index in [0.717, 1.165) is 24.0 Å². The standard InChI is InChI=1S/C29H33FN2O3S/c1-4-20(2)17-31(29(34)22-11-9-21(3)10-12-22)18-28(33)32-15-13-27-23(14-16-36-27)25(32)19-35-26-8-6-5-7-24(26)30/h5-12,14,16,20,25H,4,13,15,17-19H2,1-3H3. The Morgan fingerprint density at radius 2 is 1.92 bits per heavy atom. The molecule has 0 spiro atoms. The van der Waals surface area contributed by atoms with Crippen LogP contribution in [0.4, 0.5) is 4.39 Å². The van der Waals surface area contributed by atoms with Crippen molar-refractivity contribution in [2.75, 3.05) is 26.2 Å². The number of aryl methyl sites for hydroxylation is 1. The molecule has 0 radical (unpaired) electrons. The van der Waals surface area contributed by atoms with Crippen molar-refractivity contribution < 1.29 is 18.7 Å². The molecule has 0 aliphatic carbocycles. The van der Waals surface area contributed by atoms with Crippen LogP contribution in [0.25, 0.3) is 0 Å². The molecule has 3 aromatic rings. The number of hydrogen-bond acceptors (Lipinski definition) is 4. The second-order valence-electron chi connectivity index (χ2n) is 9.46. The molecule has 0 saturated carbocycles. The smallest absolute Gasteiger partial charge is 0.254 e. The summed E-state index contributed by atoms with van der Waals surface area (Å²) < 4.78 is 20.0. The Balaban J connectivity index is 1.55. The predicted octanol–water partition coefficient (Wildman–Crippen LogP) is 5.89. The van der Waals surface area contributed by atoms with E-state index in [1.807, 2.05) is 42.6 Å². The van der Waals surface area contributed by atoms with Crippen molar-refractivity contribution in [1.82, 2.24) is 9.80 Å². The minimum Gasteiger partial charge on any atom is -0.488 e. The van der Waals surface area contributed by atoms with Gasteiger partial charge < -0.3 is 14.5 Å². The van der Waals surface area contributed by atoms with Gasteiger partial charge in [-0.25, -0.2) is 4.39 Å². The van der Waals surface area contributed by atoms with Crippen molar-refractivity contribution in [3.63, 3.8) is 0 Å². The number of para-hydroxylation sites is 1. The Kier molecular flexibility index (Phi) is 8.41. The Bertz CT molecular complexity index is 1190. The maximum absolute atomic E-state index is 14.2. The van der Waals surface area contributed by atoms with E-state index in [1.54, 1.807) is 39.3 Å². The van der Waals surface area contributed by atoms with Gasteiger partial charge in [0.1, 0.15) is 13.2 Å². The lowest BCUT2D eigenvalue weighted by Gasteiger charge is -2.37. The maximum atomic E-state index is 14.2. The molecule has 1 aromatic heterocycles. The number of thiophene rings is 1. The van der Waals surface area contributed by atoms with Gasteiger partial charge in [0.05, 0.1) is 6.04 Å². The van der Waals surface area contributed by atoms with Gasteiger partial charge in [-0.15, -0.1) is 11.3 Å². The summed E-state index contributed by atoms with van der Waals surface area (Å²) in [5, 5.41) is 2.02. The lowest BCUT2D eigenvalue weighted by atomic mass is 10.00. The number of ether oxygens (including phenoxy) is 1. The molecule has 190 valence electrons. The van der Waals surface area contributed by atoms with Crippen molar-refractivity contribution in [2.24, 2.45) is 5.92 Å². The molecule has 0 fully saturated rings. The molecule has 2 atom stereocenters. The number of carbonyl (C=O) groups is 2.